The highest BCUT2D eigenvalue weighted by molar-refractivity contribution is 6.60. The first kappa shape index (κ1) is 29.6. The zero-order valence-electron chi connectivity index (χ0n) is 23.7. The number of methoxy groups -OCH3 is 1. The highest BCUT2D eigenvalue weighted by Gasteiger charge is 2.31. The van der Waals surface area contributed by atoms with Gasteiger partial charge < -0.3 is 35.6 Å². The number of hydrogen-bond donors (Lipinski definition) is 5. The van der Waals surface area contributed by atoms with Crippen molar-refractivity contribution in [2.75, 3.05) is 17.7 Å². The maximum atomic E-state index is 13.1. The molecule has 0 bridgehead atoms. The molecular formula is C24H31B3N8O6. The number of aliphatic hydroxyl groups is 1. The Balaban J connectivity index is 1.70. The van der Waals surface area contributed by atoms with Crippen molar-refractivity contribution in [3.63, 3.8) is 0 Å². The molecule has 0 aliphatic heterocycles. The molecule has 17 heteroatoms. The summed E-state index contributed by atoms with van der Waals surface area (Å²) in [4.78, 5) is 41.4. The molecule has 2 atom stereocenters. The Morgan fingerprint density at radius 3 is 2.51 bits per heavy atom. The van der Waals surface area contributed by atoms with E-state index >= 15 is 0 Å². The number of carbonyl (C=O) groups is 3. The fourth-order valence-electron chi connectivity index (χ4n) is 3.95. The molecule has 1 saturated carbocycles. The van der Waals surface area contributed by atoms with Crippen LogP contribution in [0, 0.1) is 5.92 Å². The second-order valence-electron chi connectivity index (χ2n) is 10.8. The van der Waals surface area contributed by atoms with Crippen molar-refractivity contribution in [1.29, 1.82) is 0 Å². The largest absolute Gasteiger partial charge is 0.494 e. The standard InChI is InChI=1S/C24H31B3N8O6/c1-10(36)17(28-11(2)37)20-31-23(41-35-20)13-5-4-6-14(19(13)40-3)29-15-9-16(30-21(38)12-7-8-12)33-34-18(15)22(39)32-24(25,26)27/h4-6,9-10,12,17,36H,7-8,25-27H2,1-3H3,(H,28,37)(H,32,39)(H2,29,30,33,38)/t10-,17+/m1/s1. The van der Waals surface area contributed by atoms with E-state index in [0.717, 1.165) is 12.8 Å². The number of carbonyl (C=O) groups excluding carboxylic acids is 3. The number of nitrogens with one attached hydrogen (secondary N) is 4. The topological polar surface area (TPSA) is 193 Å². The minimum Gasteiger partial charge on any atom is -0.494 e. The van der Waals surface area contributed by atoms with Gasteiger partial charge in [0.25, 0.3) is 11.8 Å². The van der Waals surface area contributed by atoms with E-state index in [1.807, 2.05) is 23.5 Å². The zero-order chi connectivity index (χ0) is 29.9. The maximum Gasteiger partial charge on any atom is 0.272 e. The van der Waals surface area contributed by atoms with Crippen LogP contribution in [-0.2, 0) is 9.59 Å². The van der Waals surface area contributed by atoms with Crippen LogP contribution in [0.15, 0.2) is 28.8 Å². The summed E-state index contributed by atoms with van der Waals surface area (Å²) in [6.45, 7) is 2.82. The number of para-hydroxylation sites is 1. The highest BCUT2D eigenvalue weighted by Crippen LogP contribution is 2.38. The molecule has 41 heavy (non-hydrogen) atoms. The van der Waals surface area contributed by atoms with Gasteiger partial charge in [-0.05, 0) is 37.1 Å². The molecule has 1 aliphatic carbocycles. The van der Waals surface area contributed by atoms with Gasteiger partial charge in [-0.2, -0.15) is 4.98 Å². The molecule has 0 spiro atoms. The first-order valence-electron chi connectivity index (χ1n) is 13.1. The Morgan fingerprint density at radius 2 is 1.90 bits per heavy atom. The molecule has 3 amide bonds. The van der Waals surface area contributed by atoms with Crippen LogP contribution in [0.2, 0.25) is 0 Å². The first-order valence-corrected chi connectivity index (χ1v) is 13.1. The van der Waals surface area contributed by atoms with Crippen molar-refractivity contribution in [3.8, 4) is 17.2 Å². The number of aliphatic hydroxyl groups excluding tert-OH is 1. The average molecular weight is 560 g/mol. The minimum atomic E-state index is -0.981. The Labute approximate surface area is 239 Å². The molecule has 0 saturated heterocycles. The summed E-state index contributed by atoms with van der Waals surface area (Å²) in [5, 5.41) is 33.1. The van der Waals surface area contributed by atoms with Gasteiger partial charge in [0, 0.05) is 18.9 Å². The third-order valence-electron chi connectivity index (χ3n) is 5.98. The van der Waals surface area contributed by atoms with E-state index in [-0.39, 0.29) is 46.6 Å². The summed E-state index contributed by atoms with van der Waals surface area (Å²) in [6.07, 6.45) is 0.659. The lowest BCUT2D eigenvalue weighted by Crippen LogP contribution is -2.50. The smallest absolute Gasteiger partial charge is 0.272 e. The van der Waals surface area contributed by atoms with E-state index in [0.29, 0.717) is 17.0 Å². The Hall–Kier alpha value is -4.40. The second-order valence-corrected chi connectivity index (χ2v) is 10.8. The van der Waals surface area contributed by atoms with E-state index in [2.05, 4.69) is 41.6 Å². The molecule has 0 radical (unpaired) electrons. The van der Waals surface area contributed by atoms with Gasteiger partial charge in [-0.25, -0.2) is 0 Å². The number of nitrogens with zero attached hydrogens (tertiary/aromatic N) is 4. The van der Waals surface area contributed by atoms with Gasteiger partial charge in [0.2, 0.25) is 11.8 Å². The molecule has 2 aromatic heterocycles. The molecule has 5 N–H and O–H groups in total. The van der Waals surface area contributed by atoms with E-state index < -0.39 is 23.3 Å². The molecule has 2 heterocycles. The van der Waals surface area contributed by atoms with Gasteiger partial charge in [0.05, 0.1) is 30.2 Å². The number of aromatic nitrogens is 4. The van der Waals surface area contributed by atoms with E-state index in [1.165, 1.54) is 27.0 Å². The van der Waals surface area contributed by atoms with Gasteiger partial charge in [-0.15, -0.1) is 10.2 Å². The number of benzene rings is 1. The van der Waals surface area contributed by atoms with Crippen LogP contribution in [0.5, 0.6) is 5.75 Å². The monoisotopic (exact) mass is 560 g/mol. The summed E-state index contributed by atoms with van der Waals surface area (Å²) >= 11 is 0. The quantitative estimate of drug-likeness (QED) is 0.170. The SMILES string of the molecule is BC(B)(B)NC(=O)c1nnc(NC(=O)C2CC2)cc1Nc1cccc(-c2nc([C@@H](NC(C)=O)[C@@H](C)O)no2)c1OC. The molecule has 1 aromatic carbocycles. The lowest BCUT2D eigenvalue weighted by Gasteiger charge is -2.21. The molecular weight excluding hydrogens is 529 g/mol. The van der Waals surface area contributed by atoms with Crippen LogP contribution in [0.1, 0.15) is 49.0 Å². The lowest BCUT2D eigenvalue weighted by molar-refractivity contribution is -0.120. The molecule has 14 nitrogen and oxygen atoms in total. The predicted octanol–water partition coefficient (Wildman–Crippen LogP) is -1.57. The zero-order valence-corrected chi connectivity index (χ0v) is 23.7. The van der Waals surface area contributed by atoms with Gasteiger partial charge in [-0.1, -0.05) is 11.2 Å². The fraction of sp³-hybridized carbons (Fsp3) is 0.375. The number of anilines is 3. The summed E-state index contributed by atoms with van der Waals surface area (Å²) in [7, 11) is 6.98. The van der Waals surface area contributed by atoms with Crippen LogP contribution >= 0.6 is 0 Å². The Kier molecular flexibility index (Phi) is 8.66. The third-order valence-corrected chi connectivity index (χ3v) is 5.98. The van der Waals surface area contributed by atoms with Crippen LogP contribution in [0.25, 0.3) is 11.5 Å². The van der Waals surface area contributed by atoms with E-state index in [9.17, 15) is 19.5 Å². The van der Waals surface area contributed by atoms with Crippen molar-refractivity contribution in [3.05, 3.63) is 35.8 Å². The first-order chi connectivity index (χ1) is 19.4. The summed E-state index contributed by atoms with van der Waals surface area (Å²) in [6, 6.07) is 5.76. The third kappa shape index (κ3) is 7.42. The lowest BCUT2D eigenvalue weighted by atomic mass is 9.49. The van der Waals surface area contributed by atoms with Crippen molar-refractivity contribution < 1.29 is 28.8 Å². The number of ether oxygens (including phenoxy) is 1. The van der Waals surface area contributed by atoms with Crippen molar-refractivity contribution in [2.24, 2.45) is 5.92 Å². The van der Waals surface area contributed by atoms with Crippen LogP contribution < -0.4 is 26.0 Å². The summed E-state index contributed by atoms with van der Waals surface area (Å²) in [5.74, 6) is -0.379. The normalized spacial score (nSPS) is 14.4. The second kappa shape index (κ2) is 12.0. The highest BCUT2D eigenvalue weighted by atomic mass is 16.5. The molecule has 1 aliphatic rings. The molecule has 1 fully saturated rings. The molecule has 0 unspecified atom stereocenters. The van der Waals surface area contributed by atoms with Crippen molar-refractivity contribution >= 4 is 58.5 Å². The van der Waals surface area contributed by atoms with E-state index in [4.69, 9.17) is 9.26 Å². The van der Waals surface area contributed by atoms with Crippen LogP contribution in [0.3, 0.4) is 0 Å². The number of amides is 3. The van der Waals surface area contributed by atoms with Gasteiger partial charge in [0.1, 0.15) is 29.6 Å². The van der Waals surface area contributed by atoms with Crippen LogP contribution in [0.4, 0.5) is 17.2 Å². The molecule has 212 valence electrons. The van der Waals surface area contributed by atoms with E-state index in [1.54, 1.807) is 18.2 Å². The van der Waals surface area contributed by atoms with Gasteiger partial charge in [0.15, 0.2) is 23.1 Å². The number of rotatable bonds is 11. The Bertz CT molecular complexity index is 1460. The van der Waals surface area contributed by atoms with Crippen molar-refractivity contribution in [2.45, 2.75) is 44.1 Å². The molecule has 3 aromatic rings. The average Bonchev–Trinajstić information content (AvgIpc) is 3.63. The maximum absolute atomic E-state index is 13.1. The van der Waals surface area contributed by atoms with Crippen molar-refractivity contribution in [1.82, 2.24) is 31.0 Å². The Morgan fingerprint density at radius 1 is 1.17 bits per heavy atom. The summed E-state index contributed by atoms with van der Waals surface area (Å²) in [5.41, 5.74) is 1.12. The van der Waals surface area contributed by atoms with Gasteiger partial charge in [-0.3, -0.25) is 14.4 Å². The minimum absolute atomic E-state index is 0.00645. The number of hydrogen-bond acceptors (Lipinski definition) is 11. The van der Waals surface area contributed by atoms with Gasteiger partial charge >= 0.3 is 0 Å². The molecule has 4 rings (SSSR count). The summed E-state index contributed by atoms with van der Waals surface area (Å²) < 4.78 is 11.1. The predicted molar refractivity (Wildman–Crippen MR) is 157 cm³/mol. The van der Waals surface area contributed by atoms with Crippen LogP contribution in [-0.4, -0.2) is 85.2 Å². The fourth-order valence-corrected chi connectivity index (χ4v) is 3.95.